The topological polar surface area (TPSA) is 0 Å². The molecule has 0 saturated heterocycles. The van der Waals surface area contributed by atoms with Crippen molar-refractivity contribution in [2.45, 2.75) is 64.7 Å². The fraction of sp³-hybridized carbons (Fsp3) is 1.00. The molecule has 0 N–H and O–H groups in total. The first kappa shape index (κ1) is 12.4. The molecule has 84 valence electrons. The molecule has 0 aromatic carbocycles. The summed E-state index contributed by atoms with van der Waals surface area (Å²) in [5.41, 5.74) is 0. The predicted molar refractivity (Wildman–Crippen MR) is 64.8 cm³/mol. The van der Waals surface area contributed by atoms with Crippen LogP contribution in [0.4, 0.5) is 0 Å². The maximum Gasteiger partial charge on any atom is 0.0336 e. The normalized spacial score (nSPS) is 30.6. The van der Waals surface area contributed by atoms with E-state index in [1.54, 1.807) is 0 Å². The summed E-state index contributed by atoms with van der Waals surface area (Å²) in [7, 11) is 0. The summed E-state index contributed by atoms with van der Waals surface area (Å²) < 4.78 is 0. The van der Waals surface area contributed by atoms with Crippen LogP contribution >= 0.6 is 11.6 Å². The Morgan fingerprint density at radius 3 is 2.07 bits per heavy atom. The van der Waals surface area contributed by atoms with E-state index in [2.05, 4.69) is 20.8 Å². The van der Waals surface area contributed by atoms with E-state index in [1.807, 2.05) is 0 Å². The lowest BCUT2D eigenvalue weighted by Gasteiger charge is -2.30. The van der Waals surface area contributed by atoms with Gasteiger partial charge in [0, 0.05) is 5.38 Å². The molecule has 1 rings (SSSR count). The lowest BCUT2D eigenvalue weighted by Crippen LogP contribution is -2.20. The van der Waals surface area contributed by atoms with Crippen LogP contribution in [0.25, 0.3) is 0 Å². The maximum atomic E-state index is 6.11. The van der Waals surface area contributed by atoms with Crippen LogP contribution < -0.4 is 0 Å². The van der Waals surface area contributed by atoms with Gasteiger partial charge in [0.05, 0.1) is 0 Å². The quantitative estimate of drug-likeness (QED) is 0.589. The molecule has 0 aromatic rings. The Kier molecular flexibility index (Phi) is 5.30. The second-order valence-corrected chi connectivity index (χ2v) is 6.08. The van der Waals surface area contributed by atoms with Crippen LogP contribution in [0, 0.1) is 17.8 Å². The van der Waals surface area contributed by atoms with Crippen molar-refractivity contribution in [3.63, 3.8) is 0 Å². The molecule has 0 aliphatic heterocycles. The summed E-state index contributed by atoms with van der Waals surface area (Å²) in [5.74, 6) is 2.74. The van der Waals surface area contributed by atoms with Crippen molar-refractivity contribution in [1.82, 2.24) is 0 Å². The predicted octanol–water partition coefficient (Wildman–Crippen LogP) is 4.86. The van der Waals surface area contributed by atoms with Crippen molar-refractivity contribution in [2.24, 2.45) is 17.8 Å². The molecule has 1 unspecified atom stereocenters. The molecule has 0 aromatic heterocycles. The van der Waals surface area contributed by atoms with Crippen molar-refractivity contribution >= 4 is 11.6 Å². The van der Waals surface area contributed by atoms with Gasteiger partial charge in [-0.25, -0.2) is 0 Å². The van der Waals surface area contributed by atoms with E-state index >= 15 is 0 Å². The number of hydrogen-bond acceptors (Lipinski definition) is 0. The van der Waals surface area contributed by atoms with Crippen LogP contribution in [0.5, 0.6) is 0 Å². The summed E-state index contributed by atoms with van der Waals surface area (Å²) in [5, 5.41) is 0.476. The summed E-state index contributed by atoms with van der Waals surface area (Å²) in [6.45, 7) is 7.08. The molecule has 0 radical (unpaired) electrons. The van der Waals surface area contributed by atoms with E-state index in [1.165, 1.54) is 38.5 Å². The molecular weight excluding hydrogens is 192 g/mol. The van der Waals surface area contributed by atoms with E-state index in [9.17, 15) is 0 Å². The van der Waals surface area contributed by atoms with Crippen molar-refractivity contribution in [2.75, 3.05) is 0 Å². The monoisotopic (exact) mass is 216 g/mol. The van der Waals surface area contributed by atoms with Crippen LogP contribution in [0.3, 0.4) is 0 Å². The van der Waals surface area contributed by atoms with Gasteiger partial charge in [0.1, 0.15) is 0 Å². The first-order valence-electron chi connectivity index (χ1n) is 6.23. The second kappa shape index (κ2) is 6.00. The molecule has 0 spiro atoms. The van der Waals surface area contributed by atoms with E-state index in [0.717, 1.165) is 17.8 Å². The van der Waals surface area contributed by atoms with Crippen LogP contribution in [0.15, 0.2) is 0 Å². The number of rotatable bonds is 4. The van der Waals surface area contributed by atoms with Gasteiger partial charge in [-0.05, 0) is 43.4 Å². The molecular formula is C13H25Cl. The minimum atomic E-state index is 0.476. The minimum absolute atomic E-state index is 0.476. The second-order valence-electron chi connectivity index (χ2n) is 5.46. The molecule has 1 aliphatic carbocycles. The lowest BCUT2D eigenvalue weighted by atomic mass is 9.78. The highest BCUT2D eigenvalue weighted by atomic mass is 35.5. The molecule has 0 nitrogen and oxygen atoms in total. The third-order valence-corrected chi connectivity index (χ3v) is 4.14. The zero-order valence-corrected chi connectivity index (χ0v) is 10.7. The van der Waals surface area contributed by atoms with Gasteiger partial charge in [-0.3, -0.25) is 0 Å². The molecule has 1 aliphatic rings. The zero-order chi connectivity index (χ0) is 10.6. The van der Waals surface area contributed by atoms with E-state index < -0.39 is 0 Å². The van der Waals surface area contributed by atoms with Crippen molar-refractivity contribution < 1.29 is 0 Å². The van der Waals surface area contributed by atoms with Crippen molar-refractivity contribution in [1.29, 1.82) is 0 Å². The van der Waals surface area contributed by atoms with Gasteiger partial charge in [0.2, 0.25) is 0 Å². The molecule has 1 saturated carbocycles. The Hall–Kier alpha value is 0.290. The third kappa shape index (κ3) is 4.21. The highest BCUT2D eigenvalue weighted by molar-refractivity contribution is 6.20. The Morgan fingerprint density at radius 1 is 1.00 bits per heavy atom. The molecule has 1 atom stereocenters. The molecule has 14 heavy (non-hydrogen) atoms. The molecule has 0 bridgehead atoms. The largest absolute Gasteiger partial charge is 0.123 e. The number of hydrogen-bond donors (Lipinski definition) is 0. The van der Waals surface area contributed by atoms with Crippen molar-refractivity contribution in [3.8, 4) is 0 Å². The Balaban J connectivity index is 2.20. The SMILES string of the molecule is CC(C)CCC(C)C1CCC(Cl)CC1. The van der Waals surface area contributed by atoms with Crippen LogP contribution in [-0.2, 0) is 0 Å². The first-order valence-corrected chi connectivity index (χ1v) is 6.67. The summed E-state index contributed by atoms with van der Waals surface area (Å²) in [4.78, 5) is 0. The lowest BCUT2D eigenvalue weighted by molar-refractivity contribution is 0.244. The fourth-order valence-electron chi connectivity index (χ4n) is 2.48. The van der Waals surface area contributed by atoms with Gasteiger partial charge in [-0.1, -0.05) is 33.6 Å². The van der Waals surface area contributed by atoms with E-state index in [-0.39, 0.29) is 0 Å². The summed E-state index contributed by atoms with van der Waals surface area (Å²) in [6, 6.07) is 0. The van der Waals surface area contributed by atoms with Gasteiger partial charge in [-0.2, -0.15) is 0 Å². The Bertz CT molecular complexity index is 145. The van der Waals surface area contributed by atoms with Gasteiger partial charge in [0.15, 0.2) is 0 Å². The van der Waals surface area contributed by atoms with Crippen LogP contribution in [-0.4, -0.2) is 5.38 Å². The number of halogens is 1. The highest BCUT2D eigenvalue weighted by Gasteiger charge is 2.23. The molecule has 0 heterocycles. The number of alkyl halides is 1. The van der Waals surface area contributed by atoms with Crippen molar-refractivity contribution in [3.05, 3.63) is 0 Å². The highest BCUT2D eigenvalue weighted by Crippen LogP contribution is 2.34. The van der Waals surface area contributed by atoms with E-state index in [0.29, 0.717) is 5.38 Å². The summed E-state index contributed by atoms with van der Waals surface area (Å²) in [6.07, 6.45) is 8.04. The molecule has 1 fully saturated rings. The first-order chi connectivity index (χ1) is 6.59. The minimum Gasteiger partial charge on any atom is -0.123 e. The fourth-order valence-corrected chi connectivity index (χ4v) is 2.73. The zero-order valence-electron chi connectivity index (χ0n) is 9.93. The van der Waals surface area contributed by atoms with Gasteiger partial charge >= 0.3 is 0 Å². The van der Waals surface area contributed by atoms with Gasteiger partial charge in [0.25, 0.3) is 0 Å². The summed E-state index contributed by atoms with van der Waals surface area (Å²) >= 11 is 6.11. The Morgan fingerprint density at radius 2 is 1.57 bits per heavy atom. The van der Waals surface area contributed by atoms with Gasteiger partial charge < -0.3 is 0 Å². The van der Waals surface area contributed by atoms with E-state index in [4.69, 9.17) is 11.6 Å². The maximum absolute atomic E-state index is 6.11. The standard InChI is InChI=1S/C13H25Cl/c1-10(2)4-5-11(3)12-6-8-13(14)9-7-12/h10-13H,4-9H2,1-3H3. The molecule has 0 amide bonds. The average Bonchev–Trinajstić information content (AvgIpc) is 2.15. The molecule has 1 heteroatoms. The van der Waals surface area contributed by atoms with Crippen LogP contribution in [0.1, 0.15) is 59.3 Å². The van der Waals surface area contributed by atoms with Gasteiger partial charge in [-0.15, -0.1) is 11.6 Å². The third-order valence-electron chi connectivity index (χ3n) is 3.71. The smallest absolute Gasteiger partial charge is 0.0336 e. The average molecular weight is 217 g/mol. The van der Waals surface area contributed by atoms with Crippen LogP contribution in [0.2, 0.25) is 0 Å². The Labute approximate surface area is 94.4 Å².